The van der Waals surface area contributed by atoms with Crippen molar-refractivity contribution in [1.29, 1.82) is 0 Å². The van der Waals surface area contributed by atoms with E-state index in [1.807, 2.05) is 0 Å². The van der Waals surface area contributed by atoms with E-state index in [0.29, 0.717) is 0 Å². The van der Waals surface area contributed by atoms with Gasteiger partial charge in [-0.2, -0.15) is 0 Å². The lowest BCUT2D eigenvalue weighted by Crippen LogP contribution is -2.78. The molecule has 0 aromatic heterocycles. The molecule has 15 heteroatoms. The van der Waals surface area contributed by atoms with Gasteiger partial charge in [0.05, 0.1) is 45.4 Å². The number of allylic oxidation sites excluding steroid dienone is 1. The summed E-state index contributed by atoms with van der Waals surface area (Å²) in [7, 11) is 2.37. The van der Waals surface area contributed by atoms with Crippen molar-refractivity contribution in [3.63, 3.8) is 0 Å². The molecule has 8 aliphatic rings. The Labute approximate surface area is 300 Å². The van der Waals surface area contributed by atoms with Gasteiger partial charge in [0.25, 0.3) is 0 Å². The third-order valence-corrected chi connectivity index (χ3v) is 15.0. The summed E-state index contributed by atoms with van der Waals surface area (Å²) in [5.74, 6) is -6.20. The van der Waals surface area contributed by atoms with E-state index in [0.717, 1.165) is 7.11 Å². The predicted molar refractivity (Wildman–Crippen MR) is 172 cm³/mol. The normalized spacial score (nSPS) is 53.1. The van der Waals surface area contributed by atoms with Gasteiger partial charge in [0.1, 0.15) is 28.8 Å². The van der Waals surface area contributed by atoms with E-state index in [1.165, 1.54) is 19.4 Å². The van der Waals surface area contributed by atoms with Crippen molar-refractivity contribution in [3.8, 4) is 0 Å². The molecule has 1 spiro atoms. The SMILES string of the molecule is C/C=C(\C)C(=O)O[C@H]1C[C@@H](OC(=O)CC)[C@@]2(C(=O)OC)CO[C@H]3[C@H]4O[C@]5(C)[C@H]6C[C@H](OC7OC=C[C@@]76O)[C@]5(O)[C@@]4(C)C4[C@]1(CC[C@]4(O)C(=O)OC)[C@@H]32. The Hall–Kier alpha value is -3.08. The molecular formula is C37H48O15. The highest BCUT2D eigenvalue weighted by molar-refractivity contribution is 5.88. The molecule has 15 nitrogen and oxygen atoms in total. The van der Waals surface area contributed by atoms with Gasteiger partial charge in [-0.1, -0.05) is 19.9 Å². The number of rotatable bonds is 6. The summed E-state index contributed by atoms with van der Waals surface area (Å²) in [4.78, 5) is 55.3. The first-order valence-electron chi connectivity index (χ1n) is 18.1. The highest BCUT2D eigenvalue weighted by Gasteiger charge is 2.94. The van der Waals surface area contributed by atoms with E-state index in [-0.39, 0.29) is 44.3 Å². The monoisotopic (exact) mass is 732 g/mol. The van der Waals surface area contributed by atoms with Gasteiger partial charge in [-0.25, -0.2) is 9.59 Å². The van der Waals surface area contributed by atoms with Crippen molar-refractivity contribution in [2.75, 3.05) is 20.8 Å². The van der Waals surface area contributed by atoms with E-state index in [2.05, 4.69) is 0 Å². The van der Waals surface area contributed by atoms with E-state index in [9.17, 15) is 34.5 Å². The zero-order valence-electron chi connectivity index (χ0n) is 30.4. The number of hydrogen-bond donors (Lipinski definition) is 3. The van der Waals surface area contributed by atoms with Gasteiger partial charge < -0.3 is 53.2 Å². The number of aliphatic hydroxyl groups is 3. The molecule has 4 saturated carbocycles. The van der Waals surface area contributed by atoms with Crippen molar-refractivity contribution in [2.45, 2.75) is 126 Å². The van der Waals surface area contributed by atoms with Gasteiger partial charge in [-0.15, -0.1) is 0 Å². The van der Waals surface area contributed by atoms with Gasteiger partial charge >= 0.3 is 23.9 Å². The molecule has 4 heterocycles. The fourth-order valence-electron chi connectivity index (χ4n) is 13.0. The number of carbonyl (C=O) groups excluding carboxylic acids is 4. The Morgan fingerprint density at radius 1 is 0.981 bits per heavy atom. The molecular weight excluding hydrogens is 684 g/mol. The molecule has 2 unspecified atom stereocenters. The van der Waals surface area contributed by atoms with E-state index < -0.39 is 117 Å². The van der Waals surface area contributed by atoms with Crippen LogP contribution in [0.15, 0.2) is 24.0 Å². The fraction of sp³-hybridized carbons (Fsp3) is 0.784. The molecule has 0 aromatic rings. The minimum Gasteiger partial charge on any atom is -0.469 e. The Morgan fingerprint density at radius 2 is 1.69 bits per heavy atom. The Balaban J connectivity index is 1.42. The van der Waals surface area contributed by atoms with E-state index >= 15 is 0 Å². The summed E-state index contributed by atoms with van der Waals surface area (Å²) in [6, 6.07) is 0. The van der Waals surface area contributed by atoms with E-state index in [4.69, 9.17) is 37.9 Å². The number of methoxy groups -OCH3 is 2. The quantitative estimate of drug-likeness (QED) is 0.198. The summed E-state index contributed by atoms with van der Waals surface area (Å²) in [6.45, 7) is 7.97. The number of fused-ring (bicyclic) bond motifs is 11. The summed E-state index contributed by atoms with van der Waals surface area (Å²) in [6.07, 6.45) is -2.65. The standard InChI is InChI=1S/C37H48O15/c1-8-17(3)26(39)50-19-15-20(49-22(38)9-2)34(28(40)45-6)16-48-23-24(34)33(19)10-11-36(43,29(41)46-7)27(33)31(4)25(23)52-32(5)18-14-21(37(31,32)44)51-30-35(18,42)12-13-47-30/h8,12-13,18-21,23-25,27,30,42-44H,9-11,14-16H2,1-7H3/b17-8+/t18-,19+,20-,21+,23-,24-,25-,27?,30?,31-,32-,33+,34+,35+,36-,37+/m1/s1. The van der Waals surface area contributed by atoms with Crippen LogP contribution < -0.4 is 0 Å². The zero-order valence-corrected chi connectivity index (χ0v) is 30.4. The van der Waals surface area contributed by atoms with Crippen LogP contribution in [0.2, 0.25) is 0 Å². The summed E-state index contributed by atoms with van der Waals surface area (Å²) in [5, 5.41) is 38.6. The second-order valence-electron chi connectivity index (χ2n) is 16.4. The van der Waals surface area contributed by atoms with Crippen LogP contribution in [0.1, 0.15) is 66.7 Å². The second kappa shape index (κ2) is 11.0. The molecule has 7 fully saturated rings. The molecule has 2 bridgehead atoms. The average Bonchev–Trinajstić information content (AvgIpc) is 3.89. The molecule has 8 rings (SSSR count). The molecule has 3 saturated heterocycles. The van der Waals surface area contributed by atoms with Crippen molar-refractivity contribution in [3.05, 3.63) is 24.0 Å². The van der Waals surface area contributed by atoms with Crippen LogP contribution in [0.5, 0.6) is 0 Å². The van der Waals surface area contributed by atoms with Crippen LogP contribution in [0.4, 0.5) is 0 Å². The second-order valence-corrected chi connectivity index (χ2v) is 16.4. The highest BCUT2D eigenvalue weighted by Crippen LogP contribution is 2.82. The number of carbonyl (C=O) groups is 4. The van der Waals surface area contributed by atoms with Gasteiger partial charge in [-0.05, 0) is 46.1 Å². The average molecular weight is 733 g/mol. The maximum absolute atomic E-state index is 14.4. The van der Waals surface area contributed by atoms with Gasteiger partial charge in [0.2, 0.25) is 6.29 Å². The molecule has 4 aliphatic heterocycles. The summed E-state index contributed by atoms with van der Waals surface area (Å²) >= 11 is 0. The van der Waals surface area contributed by atoms with Crippen molar-refractivity contribution < 1.29 is 72.4 Å². The lowest BCUT2D eigenvalue weighted by molar-refractivity contribution is -0.310. The van der Waals surface area contributed by atoms with Crippen molar-refractivity contribution in [2.24, 2.45) is 34.0 Å². The van der Waals surface area contributed by atoms with Crippen molar-refractivity contribution in [1.82, 2.24) is 0 Å². The predicted octanol–water partition coefficient (Wildman–Crippen LogP) is 0.993. The van der Waals surface area contributed by atoms with Crippen molar-refractivity contribution >= 4 is 23.9 Å². The summed E-state index contributed by atoms with van der Waals surface area (Å²) in [5.41, 5.74) is -12.3. The van der Waals surface area contributed by atoms with Crippen LogP contribution in [0.3, 0.4) is 0 Å². The molecule has 286 valence electrons. The Bertz CT molecular complexity index is 1680. The summed E-state index contributed by atoms with van der Waals surface area (Å²) < 4.78 is 49.0. The molecule has 52 heavy (non-hydrogen) atoms. The highest BCUT2D eigenvalue weighted by atomic mass is 16.7. The Kier molecular flexibility index (Phi) is 7.60. The maximum Gasteiger partial charge on any atom is 0.338 e. The molecule has 0 amide bonds. The smallest absolute Gasteiger partial charge is 0.338 e. The van der Waals surface area contributed by atoms with E-state index in [1.54, 1.807) is 40.7 Å². The molecule has 3 N–H and O–H groups in total. The van der Waals surface area contributed by atoms with Crippen LogP contribution in [0.25, 0.3) is 0 Å². The minimum atomic E-state index is -2.32. The van der Waals surface area contributed by atoms with Crippen LogP contribution in [0, 0.1) is 34.0 Å². The minimum absolute atomic E-state index is 0.0102. The van der Waals surface area contributed by atoms with Crippen LogP contribution in [-0.4, -0.2) is 119 Å². The first-order valence-corrected chi connectivity index (χ1v) is 18.1. The maximum atomic E-state index is 14.4. The third kappa shape index (κ3) is 3.68. The number of hydrogen-bond acceptors (Lipinski definition) is 15. The largest absolute Gasteiger partial charge is 0.469 e. The molecule has 4 aliphatic carbocycles. The number of esters is 4. The Morgan fingerprint density at radius 3 is 2.35 bits per heavy atom. The van der Waals surface area contributed by atoms with Gasteiger partial charge in [0, 0.05) is 47.0 Å². The molecule has 0 aromatic carbocycles. The van der Waals surface area contributed by atoms with Crippen LogP contribution in [-0.2, 0) is 57.1 Å². The topological polar surface area (TPSA) is 203 Å². The molecule has 16 atom stereocenters. The fourth-order valence-corrected chi connectivity index (χ4v) is 13.0. The zero-order chi connectivity index (χ0) is 37.6. The molecule has 0 radical (unpaired) electrons. The lowest BCUT2D eigenvalue weighted by Gasteiger charge is -2.66. The third-order valence-electron chi connectivity index (χ3n) is 15.0. The number of ether oxygens (including phenoxy) is 8. The van der Waals surface area contributed by atoms with Crippen LogP contribution >= 0.6 is 0 Å². The lowest BCUT2D eigenvalue weighted by atomic mass is 9.37. The first kappa shape index (κ1) is 35.9. The van der Waals surface area contributed by atoms with Gasteiger partial charge in [-0.3, -0.25) is 9.59 Å². The van der Waals surface area contributed by atoms with Gasteiger partial charge in [0.15, 0.2) is 11.2 Å². The first-order chi connectivity index (χ1) is 24.5.